The van der Waals surface area contributed by atoms with Crippen LogP contribution in [0.1, 0.15) is 39.5 Å². The largest absolute Gasteiger partial charge is 0.301 e. The van der Waals surface area contributed by atoms with Crippen molar-refractivity contribution in [3.05, 3.63) is 0 Å². The van der Waals surface area contributed by atoms with E-state index in [4.69, 9.17) is 0 Å². The predicted molar refractivity (Wildman–Crippen MR) is 50.2 cm³/mol. The Hall–Kier alpha value is -0.370. The number of ketones is 1. The average Bonchev–Trinajstić information content (AvgIpc) is 2.04. The minimum atomic E-state index is 0.448. The first-order valence-electron chi connectivity index (χ1n) is 4.85. The number of Topliss-reactive ketones (excluding diaryl/α,β-unsaturated/α-hetero) is 1. The van der Waals surface area contributed by atoms with Gasteiger partial charge in [-0.25, -0.2) is 0 Å². The van der Waals surface area contributed by atoms with E-state index >= 15 is 0 Å². The second-order valence-corrected chi connectivity index (χ2v) is 4.03. The van der Waals surface area contributed by atoms with Crippen LogP contribution in [0.25, 0.3) is 0 Å². The fourth-order valence-corrected chi connectivity index (χ4v) is 1.75. The topological polar surface area (TPSA) is 20.3 Å². The summed E-state index contributed by atoms with van der Waals surface area (Å²) in [5.41, 5.74) is 0. The minimum Gasteiger partial charge on any atom is -0.301 e. The minimum absolute atomic E-state index is 0.448. The zero-order chi connectivity index (χ0) is 9.14. The molecule has 0 saturated heterocycles. The number of hydrogen-bond acceptors (Lipinski definition) is 2. The maximum atomic E-state index is 11.0. The van der Waals surface area contributed by atoms with Gasteiger partial charge in [-0.15, -0.1) is 0 Å². The monoisotopic (exact) mass is 169 g/mol. The van der Waals surface area contributed by atoms with Crippen molar-refractivity contribution >= 4 is 5.78 Å². The van der Waals surface area contributed by atoms with Crippen LogP contribution < -0.4 is 0 Å². The Labute approximate surface area is 74.9 Å². The van der Waals surface area contributed by atoms with Crippen molar-refractivity contribution in [2.24, 2.45) is 0 Å². The molecule has 0 N–H and O–H groups in total. The van der Waals surface area contributed by atoms with Gasteiger partial charge in [0.2, 0.25) is 0 Å². The summed E-state index contributed by atoms with van der Waals surface area (Å²) in [6.07, 6.45) is 3.71. The molecule has 0 amide bonds. The third-order valence-corrected chi connectivity index (χ3v) is 2.90. The molecule has 0 aromatic rings. The lowest BCUT2D eigenvalue weighted by atomic mass is 9.93. The Kier molecular flexibility index (Phi) is 3.27. The summed E-state index contributed by atoms with van der Waals surface area (Å²) in [6.45, 7) is 4.41. The van der Waals surface area contributed by atoms with E-state index in [1.165, 1.54) is 0 Å². The molecule has 1 rings (SSSR count). The SMILES string of the molecule is CC(C)N(C)C1CCC(=O)CC1. The molecule has 2 nitrogen and oxygen atoms in total. The number of hydrogen-bond donors (Lipinski definition) is 0. The average molecular weight is 169 g/mol. The van der Waals surface area contributed by atoms with E-state index in [1.807, 2.05) is 0 Å². The molecule has 0 aromatic carbocycles. The predicted octanol–water partition coefficient (Wildman–Crippen LogP) is 1.84. The van der Waals surface area contributed by atoms with Crippen molar-refractivity contribution in [2.75, 3.05) is 7.05 Å². The van der Waals surface area contributed by atoms with Crippen LogP contribution in [0.15, 0.2) is 0 Å². The Bertz CT molecular complexity index is 155. The van der Waals surface area contributed by atoms with Crippen LogP contribution in [0, 0.1) is 0 Å². The Morgan fingerprint density at radius 1 is 1.33 bits per heavy atom. The highest BCUT2D eigenvalue weighted by atomic mass is 16.1. The van der Waals surface area contributed by atoms with E-state index in [0.717, 1.165) is 25.7 Å². The number of carbonyl (C=O) groups excluding carboxylic acids is 1. The van der Waals surface area contributed by atoms with E-state index in [0.29, 0.717) is 17.9 Å². The van der Waals surface area contributed by atoms with Gasteiger partial charge in [-0.2, -0.15) is 0 Å². The van der Waals surface area contributed by atoms with Crippen molar-refractivity contribution < 1.29 is 4.79 Å². The number of nitrogens with zero attached hydrogens (tertiary/aromatic N) is 1. The normalized spacial score (nSPS) is 20.9. The van der Waals surface area contributed by atoms with Crippen molar-refractivity contribution in [3.63, 3.8) is 0 Å². The molecule has 1 fully saturated rings. The van der Waals surface area contributed by atoms with Gasteiger partial charge < -0.3 is 4.90 Å². The zero-order valence-corrected chi connectivity index (χ0v) is 8.34. The van der Waals surface area contributed by atoms with Crippen LogP contribution in [-0.4, -0.2) is 29.8 Å². The number of rotatable bonds is 2. The fourth-order valence-electron chi connectivity index (χ4n) is 1.75. The van der Waals surface area contributed by atoms with Gasteiger partial charge in [0.15, 0.2) is 0 Å². The molecule has 0 bridgehead atoms. The summed E-state index contributed by atoms with van der Waals surface area (Å²) >= 11 is 0. The molecule has 1 aliphatic carbocycles. The maximum absolute atomic E-state index is 11.0. The molecule has 1 saturated carbocycles. The van der Waals surface area contributed by atoms with Gasteiger partial charge in [-0.3, -0.25) is 4.79 Å². The summed E-state index contributed by atoms with van der Waals surface area (Å²) in [7, 11) is 2.16. The van der Waals surface area contributed by atoms with Crippen LogP contribution in [-0.2, 0) is 4.79 Å². The molecule has 0 aromatic heterocycles. The van der Waals surface area contributed by atoms with Crippen LogP contribution >= 0.6 is 0 Å². The molecular formula is C10H19NO. The lowest BCUT2D eigenvalue weighted by Crippen LogP contribution is -2.39. The molecule has 70 valence electrons. The summed E-state index contributed by atoms with van der Waals surface area (Å²) in [5.74, 6) is 0.448. The van der Waals surface area contributed by atoms with E-state index < -0.39 is 0 Å². The molecule has 0 spiro atoms. The fraction of sp³-hybridized carbons (Fsp3) is 0.900. The van der Waals surface area contributed by atoms with E-state index in [2.05, 4.69) is 25.8 Å². The van der Waals surface area contributed by atoms with Crippen molar-refractivity contribution in [1.29, 1.82) is 0 Å². The summed E-state index contributed by atoms with van der Waals surface area (Å²) in [4.78, 5) is 13.4. The van der Waals surface area contributed by atoms with Crippen molar-refractivity contribution in [2.45, 2.75) is 51.6 Å². The van der Waals surface area contributed by atoms with Gasteiger partial charge >= 0.3 is 0 Å². The molecule has 12 heavy (non-hydrogen) atoms. The summed E-state index contributed by atoms with van der Waals surface area (Å²) in [5, 5.41) is 0. The van der Waals surface area contributed by atoms with Crippen LogP contribution in [0.2, 0.25) is 0 Å². The third kappa shape index (κ3) is 2.31. The van der Waals surface area contributed by atoms with Crippen molar-refractivity contribution in [3.8, 4) is 0 Å². The third-order valence-electron chi connectivity index (χ3n) is 2.90. The first kappa shape index (κ1) is 9.72. The molecule has 0 radical (unpaired) electrons. The van der Waals surface area contributed by atoms with Crippen molar-refractivity contribution in [1.82, 2.24) is 4.90 Å². The van der Waals surface area contributed by atoms with Gasteiger partial charge in [0.25, 0.3) is 0 Å². The quantitative estimate of drug-likeness (QED) is 0.628. The summed E-state index contributed by atoms with van der Waals surface area (Å²) in [6, 6.07) is 1.24. The Balaban J connectivity index is 2.38. The Morgan fingerprint density at radius 3 is 2.25 bits per heavy atom. The van der Waals surface area contributed by atoms with Crippen LogP contribution in [0.3, 0.4) is 0 Å². The van der Waals surface area contributed by atoms with Crippen LogP contribution in [0.5, 0.6) is 0 Å². The van der Waals surface area contributed by atoms with Gasteiger partial charge in [-0.1, -0.05) is 0 Å². The zero-order valence-electron chi connectivity index (χ0n) is 8.34. The van der Waals surface area contributed by atoms with E-state index in [1.54, 1.807) is 0 Å². The number of carbonyl (C=O) groups is 1. The van der Waals surface area contributed by atoms with Gasteiger partial charge in [0, 0.05) is 24.9 Å². The highest BCUT2D eigenvalue weighted by Crippen LogP contribution is 2.20. The van der Waals surface area contributed by atoms with Crippen LogP contribution in [0.4, 0.5) is 0 Å². The second-order valence-electron chi connectivity index (χ2n) is 4.03. The first-order chi connectivity index (χ1) is 5.61. The Morgan fingerprint density at radius 2 is 1.83 bits per heavy atom. The maximum Gasteiger partial charge on any atom is 0.133 e. The summed E-state index contributed by atoms with van der Waals surface area (Å²) < 4.78 is 0. The lowest BCUT2D eigenvalue weighted by molar-refractivity contribution is -0.121. The highest BCUT2D eigenvalue weighted by molar-refractivity contribution is 5.79. The molecule has 0 aliphatic heterocycles. The molecule has 1 aliphatic rings. The second kappa shape index (κ2) is 4.04. The molecule has 2 heteroatoms. The molecule has 0 heterocycles. The lowest BCUT2D eigenvalue weighted by Gasteiger charge is -2.33. The smallest absolute Gasteiger partial charge is 0.133 e. The van der Waals surface area contributed by atoms with Gasteiger partial charge in [-0.05, 0) is 33.7 Å². The highest BCUT2D eigenvalue weighted by Gasteiger charge is 2.22. The van der Waals surface area contributed by atoms with Gasteiger partial charge in [0.1, 0.15) is 5.78 Å². The molecular weight excluding hydrogens is 150 g/mol. The first-order valence-corrected chi connectivity index (χ1v) is 4.85. The molecule has 0 atom stereocenters. The van der Waals surface area contributed by atoms with Gasteiger partial charge in [0.05, 0.1) is 0 Å². The van der Waals surface area contributed by atoms with E-state index in [9.17, 15) is 4.79 Å². The van der Waals surface area contributed by atoms with E-state index in [-0.39, 0.29) is 0 Å². The standard InChI is InChI=1S/C10H19NO/c1-8(2)11(3)9-4-6-10(12)7-5-9/h8-9H,4-7H2,1-3H3. The molecule has 0 unspecified atom stereocenters.